The van der Waals surface area contributed by atoms with E-state index in [1.807, 2.05) is 55.4 Å². The quantitative estimate of drug-likeness (QED) is 0.257. The summed E-state index contributed by atoms with van der Waals surface area (Å²) in [7, 11) is 2.13. The van der Waals surface area contributed by atoms with E-state index in [1.54, 1.807) is 0 Å². The van der Waals surface area contributed by atoms with Crippen LogP contribution in [0.2, 0.25) is 0 Å². The van der Waals surface area contributed by atoms with Crippen LogP contribution in [0.25, 0.3) is 0 Å². The smallest absolute Gasteiger partial charge is 0.392 e. The number of rotatable bonds is 10. The zero-order valence-electron chi connectivity index (χ0n) is 20.4. The van der Waals surface area contributed by atoms with Crippen molar-refractivity contribution in [3.05, 3.63) is 0 Å². The van der Waals surface area contributed by atoms with Gasteiger partial charge in [-0.3, -0.25) is 9.32 Å². The van der Waals surface area contributed by atoms with Crippen LogP contribution in [0.15, 0.2) is 0 Å². The lowest BCUT2D eigenvalue weighted by molar-refractivity contribution is -0.152. The van der Waals surface area contributed by atoms with Crippen LogP contribution in [-0.2, 0) is 23.1 Å². The molecule has 0 aromatic carbocycles. The maximum Gasteiger partial charge on any atom is 0.392 e. The first-order valence-electron chi connectivity index (χ1n) is 10.7. The molecule has 178 valence electrons. The summed E-state index contributed by atoms with van der Waals surface area (Å²) in [5.41, 5.74) is -1.39. The summed E-state index contributed by atoms with van der Waals surface area (Å²) in [4.78, 5) is 17.3. The molecule has 30 heavy (non-hydrogen) atoms. The molecule has 1 fully saturated rings. The summed E-state index contributed by atoms with van der Waals surface area (Å²) in [6.07, 6.45) is 0.719. The van der Waals surface area contributed by atoms with Gasteiger partial charge in [0.15, 0.2) is 0 Å². The summed E-state index contributed by atoms with van der Waals surface area (Å²) >= 11 is 0.934. The van der Waals surface area contributed by atoms with Gasteiger partial charge in [-0.05, 0) is 60.0 Å². The summed E-state index contributed by atoms with van der Waals surface area (Å²) in [5, 5.41) is 0. The minimum atomic E-state index is -3.46. The highest BCUT2D eigenvalue weighted by Crippen LogP contribution is 2.63. The molecule has 0 radical (unpaired) electrons. The van der Waals surface area contributed by atoms with Gasteiger partial charge in [0.2, 0.25) is 0 Å². The van der Waals surface area contributed by atoms with Gasteiger partial charge in [0.05, 0.1) is 17.6 Å². The third-order valence-corrected chi connectivity index (χ3v) is 8.20. The molecule has 1 heterocycles. The zero-order chi connectivity index (χ0) is 23.2. The Kier molecular flexibility index (Phi) is 10.4. The number of carbonyl (C=O) groups is 1. The molecule has 9 heteroatoms. The fraction of sp³-hybridized carbons (Fsp3) is 0.952. The van der Waals surface area contributed by atoms with E-state index in [0.717, 1.165) is 50.5 Å². The highest BCUT2D eigenvalue weighted by atomic mass is 32.7. The zero-order valence-corrected chi connectivity index (χ0v) is 22.2. The molecule has 0 spiro atoms. The van der Waals surface area contributed by atoms with Gasteiger partial charge < -0.3 is 19.1 Å². The molecule has 0 aliphatic carbocycles. The first-order valence-corrected chi connectivity index (χ1v) is 13.8. The molecule has 0 aromatic heterocycles. The molecule has 1 unspecified atom stereocenters. The lowest BCUT2D eigenvalue weighted by Crippen LogP contribution is -2.45. The Hall–Kier alpha value is -0.110. The standard InChI is InChI=1S/C21H43N2O5PS/c1-19(2,3)16-27-29(25,28-20(4,5)6)30-17-26-18(24)21(7,8)10-11-23-14-12-22(9)13-15-23/h10-17H2,1-9H3. The summed E-state index contributed by atoms with van der Waals surface area (Å²) in [6.45, 7) is 17.1. The Morgan fingerprint density at radius 3 is 2.07 bits per heavy atom. The molecule has 1 saturated heterocycles. The lowest BCUT2D eigenvalue weighted by Gasteiger charge is -2.34. The topological polar surface area (TPSA) is 68.3 Å². The normalized spacial score (nSPS) is 19.5. The van der Waals surface area contributed by atoms with E-state index in [2.05, 4.69) is 16.8 Å². The number of hydrogen-bond donors (Lipinski definition) is 0. The monoisotopic (exact) mass is 466 g/mol. The molecule has 1 aliphatic heterocycles. The van der Waals surface area contributed by atoms with Crippen LogP contribution in [0.1, 0.15) is 61.8 Å². The predicted octanol–water partition coefficient (Wildman–Crippen LogP) is 4.87. The van der Waals surface area contributed by atoms with Crippen LogP contribution >= 0.6 is 18.2 Å². The van der Waals surface area contributed by atoms with Crippen molar-refractivity contribution in [2.24, 2.45) is 10.8 Å². The molecule has 0 amide bonds. The second kappa shape index (κ2) is 11.2. The number of carbonyl (C=O) groups excluding carboxylic acids is 1. The number of nitrogens with zero attached hydrogens (tertiary/aromatic N) is 2. The molecule has 7 nitrogen and oxygen atoms in total. The van der Waals surface area contributed by atoms with Gasteiger partial charge in [-0.15, -0.1) is 0 Å². The van der Waals surface area contributed by atoms with E-state index < -0.39 is 17.8 Å². The van der Waals surface area contributed by atoms with Crippen LogP contribution in [0, 0.1) is 10.8 Å². The van der Waals surface area contributed by atoms with Crippen LogP contribution in [0.5, 0.6) is 0 Å². The molecule has 0 saturated carbocycles. The molecule has 1 atom stereocenters. The fourth-order valence-electron chi connectivity index (χ4n) is 2.65. The Balaban J connectivity index is 2.54. The second-order valence-corrected chi connectivity index (χ2v) is 14.9. The van der Waals surface area contributed by atoms with Gasteiger partial charge in [-0.2, -0.15) is 0 Å². The van der Waals surface area contributed by atoms with Crippen LogP contribution < -0.4 is 0 Å². The van der Waals surface area contributed by atoms with Gasteiger partial charge in [-0.1, -0.05) is 20.8 Å². The summed E-state index contributed by atoms with van der Waals surface area (Å²) in [6, 6.07) is 0. The van der Waals surface area contributed by atoms with Crippen molar-refractivity contribution in [3.8, 4) is 0 Å². The molecule has 1 rings (SSSR count). The van der Waals surface area contributed by atoms with Crippen LogP contribution in [0.4, 0.5) is 0 Å². The van der Waals surface area contributed by atoms with Crippen molar-refractivity contribution in [2.45, 2.75) is 67.4 Å². The molecular formula is C21H43N2O5PS. The van der Waals surface area contributed by atoms with Crippen molar-refractivity contribution in [2.75, 3.05) is 52.3 Å². The highest BCUT2D eigenvalue weighted by molar-refractivity contribution is 8.55. The average molecular weight is 467 g/mol. The van der Waals surface area contributed by atoms with Crippen LogP contribution in [0.3, 0.4) is 0 Å². The Morgan fingerprint density at radius 2 is 1.57 bits per heavy atom. The number of esters is 1. The number of hydrogen-bond acceptors (Lipinski definition) is 8. The first-order chi connectivity index (χ1) is 13.5. The summed E-state index contributed by atoms with van der Waals surface area (Å²) in [5.74, 6) is -0.351. The largest absolute Gasteiger partial charge is 0.454 e. The molecule has 0 bridgehead atoms. The minimum absolute atomic E-state index is 0.0612. The Morgan fingerprint density at radius 1 is 1.00 bits per heavy atom. The van der Waals surface area contributed by atoms with Crippen molar-refractivity contribution in [1.82, 2.24) is 9.80 Å². The number of ether oxygens (including phenoxy) is 1. The maximum atomic E-state index is 13.2. The molecule has 0 N–H and O–H groups in total. The van der Waals surface area contributed by atoms with Crippen molar-refractivity contribution >= 4 is 24.1 Å². The molecular weight excluding hydrogens is 423 g/mol. The van der Waals surface area contributed by atoms with Gasteiger partial charge in [0.25, 0.3) is 0 Å². The second-order valence-electron chi connectivity index (χ2n) is 10.9. The van der Waals surface area contributed by atoms with E-state index in [4.69, 9.17) is 13.8 Å². The van der Waals surface area contributed by atoms with E-state index in [9.17, 15) is 9.36 Å². The van der Waals surface area contributed by atoms with Gasteiger partial charge in [0, 0.05) is 37.6 Å². The van der Waals surface area contributed by atoms with E-state index in [-0.39, 0.29) is 23.9 Å². The van der Waals surface area contributed by atoms with Gasteiger partial charge in [-0.25, -0.2) is 4.57 Å². The Labute approximate surface area is 187 Å². The maximum absolute atomic E-state index is 13.2. The minimum Gasteiger partial charge on any atom is -0.454 e. The highest BCUT2D eigenvalue weighted by Gasteiger charge is 2.35. The van der Waals surface area contributed by atoms with Gasteiger partial charge >= 0.3 is 12.8 Å². The predicted molar refractivity (Wildman–Crippen MR) is 125 cm³/mol. The van der Waals surface area contributed by atoms with E-state index in [1.165, 1.54) is 0 Å². The third-order valence-electron chi connectivity index (χ3n) is 4.64. The van der Waals surface area contributed by atoms with E-state index >= 15 is 0 Å². The SMILES string of the molecule is CN1CCN(CCC(C)(C)C(=O)OCSP(=O)(OCC(C)(C)C)OC(C)(C)C)CC1. The number of piperazine rings is 1. The van der Waals surface area contributed by atoms with Crippen molar-refractivity contribution in [1.29, 1.82) is 0 Å². The van der Waals surface area contributed by atoms with Crippen LogP contribution in [-0.4, -0.2) is 73.7 Å². The summed E-state index contributed by atoms with van der Waals surface area (Å²) < 4.78 is 30.0. The fourth-order valence-corrected chi connectivity index (χ4v) is 6.09. The van der Waals surface area contributed by atoms with Gasteiger partial charge in [0.1, 0.15) is 5.94 Å². The molecule has 0 aromatic rings. The first kappa shape index (κ1) is 27.9. The Bertz CT molecular complexity index is 593. The third kappa shape index (κ3) is 11.5. The lowest BCUT2D eigenvalue weighted by atomic mass is 9.89. The average Bonchev–Trinajstić information content (AvgIpc) is 2.57. The molecule has 1 aliphatic rings. The van der Waals surface area contributed by atoms with E-state index in [0.29, 0.717) is 0 Å². The number of likely N-dealkylation sites (N-methyl/N-ethyl adjacent to an activating group) is 1. The van der Waals surface area contributed by atoms with Crippen molar-refractivity contribution in [3.63, 3.8) is 0 Å². The van der Waals surface area contributed by atoms with Crippen molar-refractivity contribution < 1.29 is 23.1 Å².